The predicted octanol–water partition coefficient (Wildman–Crippen LogP) is 4.05. The molecule has 0 aliphatic carbocycles. The Balaban J connectivity index is 0.00000341. The first-order chi connectivity index (χ1) is 14.6. The van der Waals surface area contributed by atoms with E-state index in [-0.39, 0.29) is 12.4 Å². The number of halogens is 1. The molecule has 2 aromatic carbocycles. The monoisotopic (exact) mass is 460 g/mol. The van der Waals surface area contributed by atoms with E-state index < -0.39 is 17.9 Å². The Hall–Kier alpha value is -2.97. The van der Waals surface area contributed by atoms with E-state index >= 15 is 0 Å². The van der Waals surface area contributed by atoms with Crippen LogP contribution in [0.3, 0.4) is 0 Å². The van der Waals surface area contributed by atoms with Crippen LogP contribution >= 0.6 is 24.2 Å². The molecular weight excluding hydrogens is 436 g/mol. The number of imidazole rings is 1. The number of carbonyl (C=O) groups excluding carboxylic acids is 1. The summed E-state index contributed by atoms with van der Waals surface area (Å²) in [7, 11) is 0. The van der Waals surface area contributed by atoms with Gasteiger partial charge in [0.25, 0.3) is 5.91 Å². The summed E-state index contributed by atoms with van der Waals surface area (Å²) < 4.78 is 0. The van der Waals surface area contributed by atoms with Crippen LogP contribution < -0.4 is 10.6 Å². The van der Waals surface area contributed by atoms with Crippen LogP contribution in [-0.2, 0) is 11.3 Å². The van der Waals surface area contributed by atoms with Crippen LogP contribution in [0.25, 0.3) is 11.1 Å². The van der Waals surface area contributed by atoms with E-state index in [4.69, 9.17) is 0 Å². The van der Waals surface area contributed by atoms with Crippen molar-refractivity contribution in [2.24, 2.45) is 0 Å². The normalized spacial score (nSPS) is 11.3. The molecule has 0 saturated carbocycles. The zero-order chi connectivity index (χ0) is 21.3. The molecule has 1 aromatic heterocycles. The quantitative estimate of drug-likeness (QED) is 0.363. The standard InChI is InChI=1S/C22H24N4O3S.ClH/c1-30-10-9-20(22(28)29)26-21(27)18-8-7-16(24-13-17-12-23-14-25-17)11-19(18)15-5-3-2-4-6-15;/h2-8,11-12,14,20,24H,9-10,13H2,1H3,(H,23,25)(H,26,27)(H,28,29);1H. The molecule has 0 fully saturated rings. The highest BCUT2D eigenvalue weighted by molar-refractivity contribution is 7.98. The number of anilines is 1. The van der Waals surface area contributed by atoms with Crippen LogP contribution in [-0.4, -0.2) is 45.0 Å². The topological polar surface area (TPSA) is 107 Å². The summed E-state index contributed by atoms with van der Waals surface area (Å²) in [6.45, 7) is 0.565. The minimum Gasteiger partial charge on any atom is -0.480 e. The zero-order valence-corrected chi connectivity index (χ0v) is 18.6. The van der Waals surface area contributed by atoms with Gasteiger partial charge in [-0.3, -0.25) is 4.79 Å². The van der Waals surface area contributed by atoms with Crippen molar-refractivity contribution in [1.29, 1.82) is 0 Å². The first-order valence-electron chi connectivity index (χ1n) is 9.51. The second-order valence-electron chi connectivity index (χ2n) is 6.70. The van der Waals surface area contributed by atoms with E-state index in [0.29, 0.717) is 24.3 Å². The summed E-state index contributed by atoms with van der Waals surface area (Å²) in [5.41, 5.74) is 3.83. The highest BCUT2D eigenvalue weighted by Crippen LogP contribution is 2.27. The molecule has 1 atom stereocenters. The van der Waals surface area contributed by atoms with E-state index in [9.17, 15) is 14.7 Å². The molecule has 1 unspecified atom stereocenters. The van der Waals surface area contributed by atoms with Gasteiger partial charge < -0.3 is 20.7 Å². The molecule has 0 radical (unpaired) electrons. The fourth-order valence-corrected chi connectivity index (χ4v) is 3.49. The fourth-order valence-electron chi connectivity index (χ4n) is 3.02. The molecule has 0 saturated heterocycles. The largest absolute Gasteiger partial charge is 0.480 e. The van der Waals surface area contributed by atoms with Gasteiger partial charge in [0.1, 0.15) is 6.04 Å². The van der Waals surface area contributed by atoms with Crippen molar-refractivity contribution in [2.75, 3.05) is 17.3 Å². The molecule has 4 N–H and O–H groups in total. The summed E-state index contributed by atoms with van der Waals surface area (Å²) >= 11 is 1.55. The van der Waals surface area contributed by atoms with Gasteiger partial charge in [0.15, 0.2) is 0 Å². The van der Waals surface area contributed by atoms with Crippen LogP contribution in [0.5, 0.6) is 0 Å². The molecule has 0 aliphatic rings. The highest BCUT2D eigenvalue weighted by Gasteiger charge is 2.22. The smallest absolute Gasteiger partial charge is 0.326 e. The van der Waals surface area contributed by atoms with E-state index in [1.54, 1.807) is 30.4 Å². The van der Waals surface area contributed by atoms with Crippen LogP contribution in [0, 0.1) is 0 Å². The summed E-state index contributed by atoms with van der Waals surface area (Å²) in [5, 5.41) is 15.4. The van der Waals surface area contributed by atoms with Gasteiger partial charge in [-0.25, -0.2) is 9.78 Å². The average Bonchev–Trinajstić information content (AvgIpc) is 3.29. The van der Waals surface area contributed by atoms with Crippen molar-refractivity contribution < 1.29 is 14.7 Å². The molecule has 1 heterocycles. The summed E-state index contributed by atoms with van der Waals surface area (Å²) in [5.74, 6) is -0.779. The minimum absolute atomic E-state index is 0. The molecule has 7 nitrogen and oxygen atoms in total. The number of benzene rings is 2. The fraction of sp³-hybridized carbons (Fsp3) is 0.227. The Bertz CT molecular complexity index is 984. The lowest BCUT2D eigenvalue weighted by atomic mass is 9.98. The number of carboxylic acids is 1. The number of aromatic amines is 1. The number of thioether (sulfide) groups is 1. The lowest BCUT2D eigenvalue weighted by molar-refractivity contribution is -0.139. The van der Waals surface area contributed by atoms with Crippen LogP contribution in [0.2, 0.25) is 0 Å². The van der Waals surface area contributed by atoms with Crippen molar-refractivity contribution >= 4 is 41.7 Å². The van der Waals surface area contributed by atoms with Crippen LogP contribution in [0.4, 0.5) is 5.69 Å². The summed E-state index contributed by atoms with van der Waals surface area (Å²) in [6.07, 6.45) is 5.64. The molecule has 0 spiro atoms. The Kier molecular flexibility index (Phi) is 9.42. The third-order valence-corrected chi connectivity index (χ3v) is 5.24. The lowest BCUT2D eigenvalue weighted by Crippen LogP contribution is -2.41. The van der Waals surface area contributed by atoms with Gasteiger partial charge in [-0.1, -0.05) is 30.3 Å². The molecule has 3 aromatic rings. The number of aromatic nitrogens is 2. The van der Waals surface area contributed by atoms with E-state index in [2.05, 4.69) is 20.6 Å². The molecule has 0 bridgehead atoms. The number of H-pyrrole nitrogens is 1. The number of rotatable bonds is 10. The zero-order valence-electron chi connectivity index (χ0n) is 17.0. The third-order valence-electron chi connectivity index (χ3n) is 4.60. The van der Waals surface area contributed by atoms with Gasteiger partial charge in [-0.05, 0) is 47.8 Å². The average molecular weight is 461 g/mol. The number of nitrogens with zero attached hydrogens (tertiary/aromatic N) is 1. The van der Waals surface area contributed by atoms with Crippen LogP contribution in [0.1, 0.15) is 22.5 Å². The maximum atomic E-state index is 13.0. The van der Waals surface area contributed by atoms with Gasteiger partial charge >= 0.3 is 5.97 Å². The molecular formula is C22H25ClN4O3S. The first-order valence-corrected chi connectivity index (χ1v) is 10.9. The van der Waals surface area contributed by atoms with Crippen molar-refractivity contribution in [3.8, 4) is 11.1 Å². The Labute approximate surface area is 191 Å². The molecule has 1 amide bonds. The Morgan fingerprint density at radius 1 is 1.19 bits per heavy atom. The number of nitrogens with one attached hydrogen (secondary N) is 3. The lowest BCUT2D eigenvalue weighted by Gasteiger charge is -2.17. The molecule has 31 heavy (non-hydrogen) atoms. The highest BCUT2D eigenvalue weighted by atomic mass is 35.5. The maximum Gasteiger partial charge on any atom is 0.326 e. The number of carbonyl (C=O) groups is 2. The van der Waals surface area contributed by atoms with Gasteiger partial charge in [0, 0.05) is 17.4 Å². The first kappa shape index (κ1) is 24.3. The van der Waals surface area contributed by atoms with Crippen molar-refractivity contribution in [2.45, 2.75) is 19.0 Å². The molecule has 164 valence electrons. The number of hydrogen-bond donors (Lipinski definition) is 4. The summed E-state index contributed by atoms with van der Waals surface area (Å²) in [4.78, 5) is 31.5. The van der Waals surface area contributed by atoms with E-state index in [0.717, 1.165) is 22.5 Å². The van der Waals surface area contributed by atoms with Crippen molar-refractivity contribution in [3.05, 3.63) is 72.3 Å². The molecule has 9 heteroatoms. The van der Waals surface area contributed by atoms with Gasteiger partial charge in [0.2, 0.25) is 0 Å². The van der Waals surface area contributed by atoms with E-state index in [1.165, 1.54) is 0 Å². The van der Waals surface area contributed by atoms with Crippen molar-refractivity contribution in [3.63, 3.8) is 0 Å². The van der Waals surface area contributed by atoms with E-state index in [1.807, 2.05) is 48.7 Å². The third kappa shape index (κ3) is 6.77. The van der Waals surface area contributed by atoms with Gasteiger partial charge in [-0.15, -0.1) is 12.4 Å². The number of carboxylic acid groups (broad SMARTS) is 1. The number of hydrogen-bond acceptors (Lipinski definition) is 5. The number of amides is 1. The molecule has 3 rings (SSSR count). The van der Waals surface area contributed by atoms with Crippen LogP contribution in [0.15, 0.2) is 61.1 Å². The second-order valence-corrected chi connectivity index (χ2v) is 7.69. The van der Waals surface area contributed by atoms with Gasteiger partial charge in [-0.2, -0.15) is 11.8 Å². The Morgan fingerprint density at radius 2 is 1.97 bits per heavy atom. The number of aliphatic carboxylic acids is 1. The minimum atomic E-state index is -1.03. The summed E-state index contributed by atoms with van der Waals surface area (Å²) in [6, 6.07) is 14.1. The van der Waals surface area contributed by atoms with Gasteiger partial charge in [0.05, 0.1) is 18.6 Å². The maximum absolute atomic E-state index is 13.0. The predicted molar refractivity (Wildman–Crippen MR) is 127 cm³/mol. The molecule has 0 aliphatic heterocycles. The SMILES string of the molecule is CSCCC(NC(=O)c1ccc(NCc2cnc[nH]2)cc1-c1ccccc1)C(=O)O.Cl. The Morgan fingerprint density at radius 3 is 2.61 bits per heavy atom. The second kappa shape index (κ2) is 12.0. The van der Waals surface area contributed by atoms with Crippen molar-refractivity contribution in [1.82, 2.24) is 15.3 Å².